The van der Waals surface area contributed by atoms with E-state index in [1.807, 2.05) is 29.8 Å². The summed E-state index contributed by atoms with van der Waals surface area (Å²) in [6.45, 7) is 5.34. The van der Waals surface area contributed by atoms with Crippen LogP contribution in [0.15, 0.2) is 30.6 Å². The van der Waals surface area contributed by atoms with Gasteiger partial charge in [0.2, 0.25) is 0 Å². The van der Waals surface area contributed by atoms with Crippen LogP contribution in [0.25, 0.3) is 11.4 Å². The van der Waals surface area contributed by atoms with Crippen LogP contribution in [-0.2, 0) is 6.54 Å². The van der Waals surface area contributed by atoms with E-state index in [9.17, 15) is 5.11 Å². The van der Waals surface area contributed by atoms with Crippen molar-refractivity contribution in [2.24, 2.45) is 0 Å². The minimum atomic E-state index is 0.158. The molecule has 0 aliphatic carbocycles. The minimum Gasteiger partial charge on any atom is -0.504 e. The average molecular weight is 232 g/mol. The van der Waals surface area contributed by atoms with Crippen molar-refractivity contribution in [3.05, 3.63) is 30.6 Å². The molecule has 0 bridgehead atoms. The Labute approximate surface area is 100 Å². The molecule has 4 nitrogen and oxygen atoms in total. The molecule has 0 aliphatic heterocycles. The standard InChI is InChI=1S/C13H16N2O2/c1-3-15-8-7-14-13(15)10-5-6-11(16)12(9-10)17-4-2/h5-9,16H,3-4H2,1-2H3. The molecular weight excluding hydrogens is 216 g/mol. The number of hydrogen-bond acceptors (Lipinski definition) is 3. The Morgan fingerprint density at radius 1 is 1.35 bits per heavy atom. The predicted octanol–water partition coefficient (Wildman–Crippen LogP) is 2.67. The van der Waals surface area contributed by atoms with Crippen molar-refractivity contribution in [3.63, 3.8) is 0 Å². The molecule has 1 aromatic carbocycles. The zero-order valence-corrected chi connectivity index (χ0v) is 10.1. The van der Waals surface area contributed by atoms with Gasteiger partial charge in [0.05, 0.1) is 6.61 Å². The topological polar surface area (TPSA) is 47.3 Å². The largest absolute Gasteiger partial charge is 0.504 e. The van der Waals surface area contributed by atoms with Crippen molar-refractivity contribution < 1.29 is 9.84 Å². The lowest BCUT2D eigenvalue weighted by atomic mass is 10.2. The van der Waals surface area contributed by atoms with Gasteiger partial charge < -0.3 is 14.4 Å². The number of hydrogen-bond donors (Lipinski definition) is 1. The van der Waals surface area contributed by atoms with Crippen molar-refractivity contribution >= 4 is 0 Å². The van der Waals surface area contributed by atoms with E-state index in [2.05, 4.69) is 11.9 Å². The van der Waals surface area contributed by atoms with Crippen LogP contribution in [0.4, 0.5) is 0 Å². The summed E-state index contributed by atoms with van der Waals surface area (Å²) < 4.78 is 7.41. The van der Waals surface area contributed by atoms with Gasteiger partial charge in [-0.1, -0.05) is 0 Å². The fourth-order valence-corrected chi connectivity index (χ4v) is 1.75. The van der Waals surface area contributed by atoms with E-state index < -0.39 is 0 Å². The van der Waals surface area contributed by atoms with Crippen LogP contribution in [0.2, 0.25) is 0 Å². The number of aromatic hydroxyl groups is 1. The lowest BCUT2D eigenvalue weighted by Gasteiger charge is -2.09. The van der Waals surface area contributed by atoms with Crippen LogP contribution in [0, 0.1) is 0 Å². The number of aryl methyl sites for hydroxylation is 1. The smallest absolute Gasteiger partial charge is 0.161 e. The molecule has 90 valence electrons. The zero-order chi connectivity index (χ0) is 12.3. The Bertz CT molecular complexity index is 506. The third-order valence-electron chi connectivity index (χ3n) is 2.57. The normalized spacial score (nSPS) is 10.5. The number of phenolic OH excluding ortho intramolecular Hbond substituents is 1. The zero-order valence-electron chi connectivity index (χ0n) is 10.1. The summed E-state index contributed by atoms with van der Waals surface area (Å²) in [5, 5.41) is 9.64. The van der Waals surface area contributed by atoms with E-state index in [0.29, 0.717) is 12.4 Å². The predicted molar refractivity (Wildman–Crippen MR) is 66.2 cm³/mol. The summed E-state index contributed by atoms with van der Waals surface area (Å²) in [7, 11) is 0. The van der Waals surface area contributed by atoms with E-state index in [-0.39, 0.29) is 5.75 Å². The van der Waals surface area contributed by atoms with E-state index in [4.69, 9.17) is 4.74 Å². The third kappa shape index (κ3) is 2.25. The second-order valence-electron chi connectivity index (χ2n) is 3.65. The Balaban J connectivity index is 2.42. The van der Waals surface area contributed by atoms with Crippen LogP contribution in [0.1, 0.15) is 13.8 Å². The first-order chi connectivity index (χ1) is 8.26. The van der Waals surface area contributed by atoms with Crippen LogP contribution in [0.5, 0.6) is 11.5 Å². The molecule has 0 saturated heterocycles. The first-order valence-corrected chi connectivity index (χ1v) is 5.73. The number of aromatic nitrogens is 2. The molecule has 0 aliphatic rings. The van der Waals surface area contributed by atoms with Gasteiger partial charge in [-0.3, -0.25) is 0 Å². The fraction of sp³-hybridized carbons (Fsp3) is 0.308. The maximum absolute atomic E-state index is 9.64. The summed E-state index contributed by atoms with van der Waals surface area (Å²) >= 11 is 0. The second-order valence-corrected chi connectivity index (χ2v) is 3.65. The number of imidazole rings is 1. The summed E-state index contributed by atoms with van der Waals surface area (Å²) in [5.74, 6) is 1.54. The lowest BCUT2D eigenvalue weighted by molar-refractivity contribution is 0.318. The summed E-state index contributed by atoms with van der Waals surface area (Å²) in [4.78, 5) is 4.31. The quantitative estimate of drug-likeness (QED) is 0.881. The van der Waals surface area contributed by atoms with Crippen LogP contribution >= 0.6 is 0 Å². The highest BCUT2D eigenvalue weighted by Gasteiger charge is 2.08. The number of ether oxygens (including phenoxy) is 1. The van der Waals surface area contributed by atoms with Gasteiger partial charge in [-0.15, -0.1) is 0 Å². The van der Waals surface area contributed by atoms with Crippen molar-refractivity contribution in [2.75, 3.05) is 6.61 Å². The van der Waals surface area contributed by atoms with E-state index in [1.165, 1.54) is 0 Å². The van der Waals surface area contributed by atoms with Gasteiger partial charge in [-0.25, -0.2) is 4.98 Å². The fourth-order valence-electron chi connectivity index (χ4n) is 1.75. The van der Waals surface area contributed by atoms with E-state index in [1.54, 1.807) is 12.3 Å². The molecule has 0 fully saturated rings. The first kappa shape index (κ1) is 11.5. The molecule has 17 heavy (non-hydrogen) atoms. The number of benzene rings is 1. The van der Waals surface area contributed by atoms with Crippen molar-refractivity contribution in [2.45, 2.75) is 20.4 Å². The van der Waals surface area contributed by atoms with Crippen LogP contribution in [-0.4, -0.2) is 21.3 Å². The van der Waals surface area contributed by atoms with Gasteiger partial charge in [0.25, 0.3) is 0 Å². The highest BCUT2D eigenvalue weighted by molar-refractivity contribution is 5.61. The van der Waals surface area contributed by atoms with Gasteiger partial charge in [0.1, 0.15) is 5.82 Å². The maximum atomic E-state index is 9.64. The molecule has 0 unspecified atom stereocenters. The monoisotopic (exact) mass is 232 g/mol. The Kier molecular flexibility index (Phi) is 3.32. The molecule has 2 aromatic rings. The van der Waals surface area contributed by atoms with Gasteiger partial charge in [0.15, 0.2) is 11.5 Å². The molecule has 1 aromatic heterocycles. The maximum Gasteiger partial charge on any atom is 0.161 e. The molecule has 1 heterocycles. The molecule has 1 N–H and O–H groups in total. The molecule has 0 spiro atoms. The van der Waals surface area contributed by atoms with Crippen molar-refractivity contribution in [3.8, 4) is 22.9 Å². The number of rotatable bonds is 4. The Hall–Kier alpha value is -1.97. The number of nitrogens with zero attached hydrogens (tertiary/aromatic N) is 2. The Morgan fingerprint density at radius 3 is 2.88 bits per heavy atom. The third-order valence-corrected chi connectivity index (χ3v) is 2.57. The average Bonchev–Trinajstić information content (AvgIpc) is 2.80. The van der Waals surface area contributed by atoms with Crippen LogP contribution < -0.4 is 4.74 Å². The summed E-state index contributed by atoms with van der Waals surface area (Å²) in [6, 6.07) is 5.29. The summed E-state index contributed by atoms with van der Waals surface area (Å²) in [6.07, 6.45) is 3.70. The van der Waals surface area contributed by atoms with Crippen molar-refractivity contribution in [1.29, 1.82) is 0 Å². The van der Waals surface area contributed by atoms with Gasteiger partial charge >= 0.3 is 0 Å². The van der Waals surface area contributed by atoms with Crippen LogP contribution in [0.3, 0.4) is 0 Å². The Morgan fingerprint density at radius 2 is 2.18 bits per heavy atom. The second kappa shape index (κ2) is 4.91. The van der Waals surface area contributed by atoms with Crippen molar-refractivity contribution in [1.82, 2.24) is 9.55 Å². The van der Waals surface area contributed by atoms with Gasteiger partial charge in [-0.05, 0) is 32.0 Å². The molecule has 0 saturated carbocycles. The highest BCUT2D eigenvalue weighted by atomic mass is 16.5. The minimum absolute atomic E-state index is 0.158. The number of phenols is 1. The molecule has 0 amide bonds. The van der Waals surface area contributed by atoms with E-state index in [0.717, 1.165) is 17.9 Å². The summed E-state index contributed by atoms with van der Waals surface area (Å²) in [5.41, 5.74) is 0.943. The van der Waals surface area contributed by atoms with Gasteiger partial charge in [-0.2, -0.15) is 0 Å². The van der Waals surface area contributed by atoms with Gasteiger partial charge in [0, 0.05) is 24.5 Å². The lowest BCUT2D eigenvalue weighted by Crippen LogP contribution is -1.97. The highest BCUT2D eigenvalue weighted by Crippen LogP contribution is 2.31. The molecule has 0 atom stereocenters. The first-order valence-electron chi connectivity index (χ1n) is 5.73. The molecule has 2 rings (SSSR count). The molecule has 4 heteroatoms. The SMILES string of the molecule is CCOc1cc(-c2nccn2CC)ccc1O. The molecular formula is C13H16N2O2. The van der Waals surface area contributed by atoms with E-state index >= 15 is 0 Å². The molecule has 0 radical (unpaired) electrons.